The van der Waals surface area contributed by atoms with Crippen LogP contribution in [0.4, 0.5) is 26.3 Å². The molecule has 228 valence electrons. The van der Waals surface area contributed by atoms with Crippen LogP contribution >= 0.6 is 0 Å². The van der Waals surface area contributed by atoms with Gasteiger partial charge < -0.3 is 0 Å². The molecule has 11 rings (SSSR count). The monoisotopic (exact) mass is 646 g/mol. The van der Waals surface area contributed by atoms with Crippen molar-refractivity contribution in [1.29, 1.82) is 0 Å². The van der Waals surface area contributed by atoms with Crippen molar-refractivity contribution in [2.24, 2.45) is 0 Å². The summed E-state index contributed by atoms with van der Waals surface area (Å²) in [6.45, 7) is 0. The normalized spacial score (nSPS) is 13.0. The average molecular weight is 646 g/mol. The highest BCUT2D eigenvalue weighted by Crippen LogP contribution is 2.46. The summed E-state index contributed by atoms with van der Waals surface area (Å²) < 4.78 is 89.3. The standard InChI is InChI=1S/C34H8F6N6O2/c35-21-25-23(29(39)43-27(21)37)41-31-13-5-1-9-10-2-6-14-20-16(34(48)46-26-22(36)28(38)44-30(40)24(26)42-32(14)46)8-4-12(18(10)20)11-3-7-15(19(13)17(9)11)33(47)45(25)31/h1-8H. The SMILES string of the molecule is O=c1c2ccc3c4ccc5c(=O)n6c(nc7c(F)nc(F)c(F)c76)c6ccc(c7ccc(c2c37)c2nc3c(F)nc(F)c(F)c3n12)c4c56. The van der Waals surface area contributed by atoms with Crippen LogP contribution in [0.3, 0.4) is 0 Å². The maximum Gasteiger partial charge on any atom is 0.264 e. The van der Waals surface area contributed by atoms with Gasteiger partial charge >= 0.3 is 0 Å². The third-order valence-corrected chi connectivity index (χ3v) is 9.57. The summed E-state index contributed by atoms with van der Waals surface area (Å²) in [4.78, 5) is 42.1. The molecule has 0 atom stereocenters. The second-order valence-corrected chi connectivity index (χ2v) is 11.7. The molecule has 11 aromatic rings. The van der Waals surface area contributed by atoms with Gasteiger partial charge in [-0.15, -0.1) is 0 Å². The molecule has 6 heterocycles. The van der Waals surface area contributed by atoms with Crippen molar-refractivity contribution in [3.05, 3.63) is 105 Å². The van der Waals surface area contributed by atoms with Gasteiger partial charge in [-0.25, -0.2) is 9.97 Å². The summed E-state index contributed by atoms with van der Waals surface area (Å²) >= 11 is 0. The Hall–Kier alpha value is -6.44. The van der Waals surface area contributed by atoms with Gasteiger partial charge in [0, 0.05) is 32.3 Å². The average Bonchev–Trinajstić information content (AvgIpc) is 3.69. The Bertz CT molecular complexity index is 3220. The van der Waals surface area contributed by atoms with Crippen molar-refractivity contribution in [2.45, 2.75) is 0 Å². The van der Waals surface area contributed by atoms with Crippen LogP contribution in [0, 0.1) is 35.4 Å². The van der Waals surface area contributed by atoms with Crippen molar-refractivity contribution in [1.82, 2.24) is 28.7 Å². The summed E-state index contributed by atoms with van der Waals surface area (Å²) in [7, 11) is 0. The molecule has 8 nitrogen and oxygen atoms in total. The number of imidazole rings is 2. The van der Waals surface area contributed by atoms with E-state index in [4.69, 9.17) is 0 Å². The number of pyridine rings is 4. The van der Waals surface area contributed by atoms with Gasteiger partial charge in [0.1, 0.15) is 33.4 Å². The number of aromatic nitrogens is 6. The Morgan fingerprint density at radius 3 is 1.08 bits per heavy atom. The first-order valence-electron chi connectivity index (χ1n) is 14.3. The topological polar surface area (TPSA) is 94.5 Å². The first-order valence-corrected chi connectivity index (χ1v) is 14.3. The minimum atomic E-state index is -1.70. The second kappa shape index (κ2) is 7.91. The van der Waals surface area contributed by atoms with Crippen molar-refractivity contribution < 1.29 is 26.3 Å². The molecule has 0 aliphatic carbocycles. The van der Waals surface area contributed by atoms with E-state index in [1.54, 1.807) is 36.4 Å². The maximum absolute atomic E-state index is 15.0. The highest BCUT2D eigenvalue weighted by molar-refractivity contribution is 6.40. The quantitative estimate of drug-likeness (QED) is 0.0773. The zero-order valence-electron chi connectivity index (χ0n) is 23.4. The summed E-state index contributed by atoms with van der Waals surface area (Å²) in [5.41, 5.74) is -4.13. The first-order chi connectivity index (χ1) is 23.2. The zero-order valence-corrected chi connectivity index (χ0v) is 23.4. The van der Waals surface area contributed by atoms with Gasteiger partial charge in [-0.05, 0) is 56.6 Å². The van der Waals surface area contributed by atoms with E-state index in [0.717, 1.165) is 8.80 Å². The molecule has 0 spiro atoms. The molecule has 14 heteroatoms. The van der Waals surface area contributed by atoms with Gasteiger partial charge in [0.15, 0.2) is 0 Å². The molecule has 0 amide bonds. The number of hydrogen-bond acceptors (Lipinski definition) is 6. The lowest BCUT2D eigenvalue weighted by Crippen LogP contribution is -2.15. The lowest BCUT2D eigenvalue weighted by molar-refractivity contribution is 0.457. The first kappa shape index (κ1) is 25.7. The largest absolute Gasteiger partial charge is 0.268 e. The number of nitrogens with zero attached hydrogens (tertiary/aromatic N) is 6. The third kappa shape index (κ3) is 2.63. The molecule has 0 bridgehead atoms. The summed E-state index contributed by atoms with van der Waals surface area (Å²) in [5.74, 6) is -9.12. The molecule has 0 saturated heterocycles. The molecule has 5 aromatic carbocycles. The van der Waals surface area contributed by atoms with Crippen LogP contribution in [0.15, 0.2) is 58.1 Å². The fourth-order valence-electron chi connectivity index (χ4n) is 7.72. The summed E-state index contributed by atoms with van der Waals surface area (Å²) in [6, 6.07) is 13.2. The fraction of sp³-hybridized carbons (Fsp3) is 0. The Balaban J connectivity index is 1.36. The smallest absolute Gasteiger partial charge is 0.264 e. The van der Waals surface area contributed by atoms with E-state index in [2.05, 4.69) is 19.9 Å². The van der Waals surface area contributed by atoms with Crippen LogP contribution in [0.1, 0.15) is 0 Å². The molecule has 48 heavy (non-hydrogen) atoms. The van der Waals surface area contributed by atoms with E-state index in [9.17, 15) is 35.9 Å². The van der Waals surface area contributed by atoms with Gasteiger partial charge in [-0.1, -0.05) is 24.3 Å². The van der Waals surface area contributed by atoms with Crippen molar-refractivity contribution >= 4 is 98.0 Å². The summed E-state index contributed by atoms with van der Waals surface area (Å²) in [5, 5.41) is 5.92. The van der Waals surface area contributed by atoms with Gasteiger partial charge in [0.2, 0.25) is 23.5 Å². The van der Waals surface area contributed by atoms with Crippen LogP contribution < -0.4 is 11.1 Å². The molecule has 0 aliphatic rings. The van der Waals surface area contributed by atoms with E-state index in [0.29, 0.717) is 53.9 Å². The molecule has 0 N–H and O–H groups in total. The van der Waals surface area contributed by atoms with Crippen LogP contribution in [-0.4, -0.2) is 28.7 Å². The van der Waals surface area contributed by atoms with Gasteiger partial charge in [-0.3, -0.25) is 18.4 Å². The lowest BCUT2D eigenvalue weighted by atomic mass is 9.86. The Morgan fingerprint density at radius 1 is 0.396 bits per heavy atom. The lowest BCUT2D eigenvalue weighted by Gasteiger charge is -2.18. The minimum Gasteiger partial charge on any atom is -0.268 e. The molecule has 0 unspecified atom stereocenters. The van der Waals surface area contributed by atoms with Crippen LogP contribution in [0.25, 0.3) is 98.0 Å². The van der Waals surface area contributed by atoms with Gasteiger partial charge in [-0.2, -0.15) is 36.3 Å². The van der Waals surface area contributed by atoms with Crippen molar-refractivity contribution in [3.8, 4) is 0 Å². The van der Waals surface area contributed by atoms with Gasteiger partial charge in [0.25, 0.3) is 23.0 Å². The molecule has 0 aliphatic heterocycles. The molecule has 0 fully saturated rings. The third-order valence-electron chi connectivity index (χ3n) is 9.57. The molecule has 0 saturated carbocycles. The summed E-state index contributed by atoms with van der Waals surface area (Å²) in [6.07, 6.45) is 0. The Morgan fingerprint density at radius 2 is 0.708 bits per heavy atom. The van der Waals surface area contributed by atoms with Crippen LogP contribution in [0.2, 0.25) is 0 Å². The van der Waals surface area contributed by atoms with E-state index >= 15 is 0 Å². The molecule has 6 aromatic heterocycles. The van der Waals surface area contributed by atoms with Gasteiger partial charge in [0.05, 0.1) is 0 Å². The number of benzene rings is 5. The maximum atomic E-state index is 15.0. The number of hydrogen-bond donors (Lipinski definition) is 0. The molecular weight excluding hydrogens is 638 g/mol. The molecular formula is C34H8F6N6O2. The fourth-order valence-corrected chi connectivity index (χ4v) is 7.72. The second-order valence-electron chi connectivity index (χ2n) is 11.7. The van der Waals surface area contributed by atoms with Crippen molar-refractivity contribution in [3.63, 3.8) is 0 Å². The van der Waals surface area contributed by atoms with Crippen molar-refractivity contribution in [2.75, 3.05) is 0 Å². The molecule has 0 radical (unpaired) electrons. The van der Waals surface area contributed by atoms with E-state index < -0.39 is 68.6 Å². The van der Waals surface area contributed by atoms with Crippen LogP contribution in [0.5, 0.6) is 0 Å². The van der Waals surface area contributed by atoms with Crippen LogP contribution in [-0.2, 0) is 0 Å². The highest BCUT2D eigenvalue weighted by Gasteiger charge is 2.28. The predicted octanol–water partition coefficient (Wildman–Crippen LogP) is 6.87. The Kier molecular flexibility index (Phi) is 4.24. The minimum absolute atomic E-state index is 0.0812. The number of fused-ring (bicyclic) bond motifs is 10. The van der Waals surface area contributed by atoms with E-state index in [-0.39, 0.29) is 22.1 Å². The highest BCUT2D eigenvalue weighted by atomic mass is 19.2. The Labute approximate surface area is 257 Å². The zero-order chi connectivity index (χ0) is 32.7. The predicted molar refractivity (Wildman–Crippen MR) is 165 cm³/mol. The van der Waals surface area contributed by atoms with E-state index in [1.165, 1.54) is 12.1 Å². The van der Waals surface area contributed by atoms with E-state index in [1.807, 2.05) is 0 Å². The number of rotatable bonds is 0. The number of halogens is 6.